The van der Waals surface area contributed by atoms with Crippen molar-refractivity contribution in [3.8, 4) is 0 Å². The molecule has 2 aromatic heterocycles. The minimum atomic E-state index is -0.556. The van der Waals surface area contributed by atoms with Gasteiger partial charge >= 0.3 is 5.97 Å². The number of carbonyl (C=O) groups excluding carboxylic acids is 2. The Hall–Kier alpha value is -2.93. The molecular formula is C18H15NO5S. The lowest BCUT2D eigenvalue weighted by Gasteiger charge is -2.03. The van der Waals surface area contributed by atoms with Crippen molar-refractivity contribution >= 4 is 39.2 Å². The van der Waals surface area contributed by atoms with E-state index in [0.29, 0.717) is 26.4 Å². The Balaban J connectivity index is 1.87. The van der Waals surface area contributed by atoms with Gasteiger partial charge in [-0.1, -0.05) is 12.1 Å². The van der Waals surface area contributed by atoms with Gasteiger partial charge in [0.1, 0.15) is 10.5 Å². The van der Waals surface area contributed by atoms with E-state index in [9.17, 15) is 14.4 Å². The molecule has 0 spiro atoms. The summed E-state index contributed by atoms with van der Waals surface area (Å²) in [7, 11) is 0. The van der Waals surface area contributed by atoms with Gasteiger partial charge in [-0.2, -0.15) is 0 Å². The van der Waals surface area contributed by atoms with Gasteiger partial charge in [0.05, 0.1) is 17.0 Å². The molecule has 1 N–H and O–H groups in total. The molecule has 0 saturated heterocycles. The molecule has 2 heterocycles. The van der Waals surface area contributed by atoms with E-state index in [2.05, 4.69) is 5.32 Å². The number of aryl methyl sites for hydroxylation is 1. The van der Waals surface area contributed by atoms with Gasteiger partial charge in [-0.3, -0.25) is 9.59 Å². The molecule has 0 unspecified atom stereocenters. The zero-order valence-corrected chi connectivity index (χ0v) is 14.4. The monoisotopic (exact) mass is 357 g/mol. The number of nitrogens with one attached hydrogen (secondary N) is 1. The molecule has 0 atom stereocenters. The summed E-state index contributed by atoms with van der Waals surface area (Å²) in [6.45, 7) is 3.76. The van der Waals surface area contributed by atoms with Gasteiger partial charge in [0.25, 0.3) is 5.91 Å². The fraction of sp³-hybridized carbons (Fsp3) is 0.167. The highest BCUT2D eigenvalue weighted by Crippen LogP contribution is 2.28. The van der Waals surface area contributed by atoms with E-state index >= 15 is 0 Å². The lowest BCUT2D eigenvalue weighted by Crippen LogP contribution is -2.14. The molecule has 1 amide bonds. The second-order valence-electron chi connectivity index (χ2n) is 5.27. The second kappa shape index (κ2) is 6.90. The standard InChI is InChI=1S/C18H15NO5S/c1-3-23-18(22)16-10(2)8-15(25-16)19-17(21)14-9-12(20)11-6-4-5-7-13(11)24-14/h4-9H,3H2,1-2H3,(H,19,21). The molecule has 6 nitrogen and oxygen atoms in total. The Morgan fingerprint density at radius 3 is 2.76 bits per heavy atom. The van der Waals surface area contributed by atoms with E-state index in [1.807, 2.05) is 0 Å². The molecule has 0 saturated carbocycles. The largest absolute Gasteiger partial charge is 0.462 e. The molecule has 0 aliphatic carbocycles. The molecule has 1 aromatic carbocycles. The van der Waals surface area contributed by atoms with Crippen molar-refractivity contribution in [1.29, 1.82) is 0 Å². The third-order valence-electron chi connectivity index (χ3n) is 3.47. The van der Waals surface area contributed by atoms with Gasteiger partial charge in [0.2, 0.25) is 0 Å². The van der Waals surface area contributed by atoms with Crippen LogP contribution in [0.3, 0.4) is 0 Å². The van der Waals surface area contributed by atoms with Gasteiger partial charge in [-0.05, 0) is 37.6 Å². The van der Waals surface area contributed by atoms with E-state index in [0.717, 1.165) is 17.4 Å². The Morgan fingerprint density at radius 1 is 1.24 bits per heavy atom. The summed E-state index contributed by atoms with van der Waals surface area (Å²) < 4.78 is 10.5. The van der Waals surface area contributed by atoms with Crippen LogP contribution in [0.1, 0.15) is 32.7 Å². The van der Waals surface area contributed by atoms with Crippen LogP contribution in [-0.4, -0.2) is 18.5 Å². The maximum absolute atomic E-state index is 12.4. The average Bonchev–Trinajstić information content (AvgIpc) is 2.95. The number of rotatable bonds is 4. The van der Waals surface area contributed by atoms with Crippen molar-refractivity contribution in [3.63, 3.8) is 0 Å². The molecule has 0 aliphatic rings. The normalized spacial score (nSPS) is 10.6. The summed E-state index contributed by atoms with van der Waals surface area (Å²) in [5, 5.41) is 3.53. The first-order valence-electron chi connectivity index (χ1n) is 7.61. The predicted octanol–water partition coefficient (Wildman–Crippen LogP) is 3.59. The Bertz CT molecular complexity index is 1020. The van der Waals surface area contributed by atoms with Crippen LogP contribution in [0.15, 0.2) is 45.6 Å². The van der Waals surface area contributed by atoms with Gasteiger partial charge in [0, 0.05) is 6.07 Å². The zero-order chi connectivity index (χ0) is 18.0. The van der Waals surface area contributed by atoms with E-state index in [4.69, 9.17) is 9.15 Å². The predicted molar refractivity (Wildman–Crippen MR) is 95.4 cm³/mol. The van der Waals surface area contributed by atoms with E-state index < -0.39 is 11.9 Å². The summed E-state index contributed by atoms with van der Waals surface area (Å²) in [5.41, 5.74) is 0.759. The summed E-state index contributed by atoms with van der Waals surface area (Å²) >= 11 is 1.11. The molecule has 0 aliphatic heterocycles. The Morgan fingerprint density at radius 2 is 2.00 bits per heavy atom. The zero-order valence-electron chi connectivity index (χ0n) is 13.6. The molecule has 3 aromatic rings. The van der Waals surface area contributed by atoms with E-state index in [-0.39, 0.29) is 17.8 Å². The first-order valence-corrected chi connectivity index (χ1v) is 8.43. The summed E-state index contributed by atoms with van der Waals surface area (Å²) in [5.74, 6) is -1.07. The first kappa shape index (κ1) is 16.9. The number of para-hydroxylation sites is 1. The van der Waals surface area contributed by atoms with E-state index in [1.54, 1.807) is 44.2 Å². The van der Waals surface area contributed by atoms with Crippen molar-refractivity contribution in [2.24, 2.45) is 0 Å². The fourth-order valence-corrected chi connectivity index (χ4v) is 3.29. The SMILES string of the molecule is CCOC(=O)c1sc(NC(=O)c2cc(=O)c3ccccc3o2)cc1C. The number of ether oxygens (including phenoxy) is 1. The highest BCUT2D eigenvalue weighted by molar-refractivity contribution is 7.18. The Kier molecular flexibility index (Phi) is 4.67. The summed E-state index contributed by atoms with van der Waals surface area (Å²) in [6, 6.07) is 9.54. The van der Waals surface area contributed by atoms with Crippen molar-refractivity contribution in [2.45, 2.75) is 13.8 Å². The van der Waals surface area contributed by atoms with Gasteiger partial charge in [0.15, 0.2) is 11.2 Å². The number of benzene rings is 1. The highest BCUT2D eigenvalue weighted by atomic mass is 32.1. The number of fused-ring (bicyclic) bond motifs is 1. The first-order chi connectivity index (χ1) is 12.0. The van der Waals surface area contributed by atoms with Crippen LogP contribution in [0.4, 0.5) is 5.00 Å². The average molecular weight is 357 g/mol. The topological polar surface area (TPSA) is 85.6 Å². The maximum Gasteiger partial charge on any atom is 0.348 e. The van der Waals surface area contributed by atoms with Crippen molar-refractivity contribution in [3.05, 3.63) is 62.8 Å². The van der Waals surface area contributed by atoms with E-state index in [1.165, 1.54) is 0 Å². The molecule has 128 valence electrons. The fourth-order valence-electron chi connectivity index (χ4n) is 2.33. The highest BCUT2D eigenvalue weighted by Gasteiger charge is 2.18. The number of hydrogen-bond acceptors (Lipinski definition) is 6. The van der Waals surface area contributed by atoms with Crippen molar-refractivity contribution in [2.75, 3.05) is 11.9 Å². The molecule has 0 fully saturated rings. The quantitative estimate of drug-likeness (QED) is 0.721. The third kappa shape index (κ3) is 3.46. The van der Waals surface area contributed by atoms with Crippen LogP contribution in [0.2, 0.25) is 0 Å². The van der Waals surface area contributed by atoms with Gasteiger partial charge in [-0.15, -0.1) is 11.3 Å². The van der Waals surface area contributed by atoms with Crippen LogP contribution in [0, 0.1) is 6.92 Å². The van der Waals surface area contributed by atoms with Gasteiger partial charge in [-0.25, -0.2) is 4.79 Å². The number of amides is 1. The smallest absolute Gasteiger partial charge is 0.348 e. The molecule has 3 rings (SSSR count). The molecule has 7 heteroatoms. The van der Waals surface area contributed by atoms with Crippen LogP contribution in [0.5, 0.6) is 0 Å². The van der Waals surface area contributed by atoms with Gasteiger partial charge < -0.3 is 14.5 Å². The third-order valence-corrected chi connectivity index (χ3v) is 4.61. The molecular weight excluding hydrogens is 342 g/mol. The van der Waals surface area contributed by atoms with Crippen LogP contribution in [-0.2, 0) is 4.74 Å². The summed E-state index contributed by atoms with van der Waals surface area (Å²) in [4.78, 5) is 36.7. The van der Waals surface area contributed by atoms with Crippen LogP contribution >= 0.6 is 11.3 Å². The van der Waals surface area contributed by atoms with Crippen LogP contribution in [0.25, 0.3) is 11.0 Å². The number of hydrogen-bond donors (Lipinski definition) is 1. The Labute approximate surface area is 147 Å². The number of anilines is 1. The summed E-state index contributed by atoms with van der Waals surface area (Å²) in [6.07, 6.45) is 0. The van der Waals surface area contributed by atoms with Crippen LogP contribution < -0.4 is 10.7 Å². The maximum atomic E-state index is 12.4. The lowest BCUT2D eigenvalue weighted by atomic mass is 10.2. The number of thiophene rings is 1. The number of esters is 1. The second-order valence-corrected chi connectivity index (χ2v) is 6.32. The number of carbonyl (C=O) groups is 2. The molecule has 0 bridgehead atoms. The minimum absolute atomic E-state index is 0.0903. The minimum Gasteiger partial charge on any atom is -0.462 e. The molecule has 25 heavy (non-hydrogen) atoms. The van der Waals surface area contributed by atoms with Crippen molar-refractivity contribution in [1.82, 2.24) is 0 Å². The lowest BCUT2D eigenvalue weighted by molar-refractivity contribution is 0.0531. The molecule has 0 radical (unpaired) electrons. The van der Waals surface area contributed by atoms with Crippen molar-refractivity contribution < 1.29 is 18.7 Å².